The Kier molecular flexibility index (Phi) is 8.70. The van der Waals surface area contributed by atoms with E-state index in [9.17, 15) is 18.0 Å². The van der Waals surface area contributed by atoms with E-state index in [-0.39, 0.29) is 35.6 Å². The van der Waals surface area contributed by atoms with Gasteiger partial charge in [0.25, 0.3) is 5.91 Å². The zero-order valence-electron chi connectivity index (χ0n) is 15.4. The Labute approximate surface area is 154 Å². The molecule has 0 bridgehead atoms. The number of ether oxygens (including phenoxy) is 2. The Morgan fingerprint density at radius 1 is 1.12 bits per heavy atom. The number of carbonyl (C=O) groups excluding carboxylic acids is 2. The van der Waals surface area contributed by atoms with Crippen LogP contribution in [0.4, 0.5) is 0 Å². The third kappa shape index (κ3) is 7.51. The number of sulfonamides is 1. The van der Waals surface area contributed by atoms with Crippen LogP contribution in [0.25, 0.3) is 0 Å². The first-order valence-corrected chi connectivity index (χ1v) is 9.69. The van der Waals surface area contributed by atoms with Crippen LogP contribution in [-0.4, -0.2) is 53.2 Å². The van der Waals surface area contributed by atoms with Gasteiger partial charge in [-0.2, -0.15) is 0 Å². The molecule has 0 heterocycles. The number of benzene rings is 1. The third-order valence-electron chi connectivity index (χ3n) is 3.22. The summed E-state index contributed by atoms with van der Waals surface area (Å²) in [6.07, 6.45) is 0. The molecule has 1 atom stereocenters. The number of nitrogens with one attached hydrogen (secondary N) is 2. The molecule has 26 heavy (non-hydrogen) atoms. The highest BCUT2D eigenvalue weighted by Crippen LogP contribution is 2.12. The van der Waals surface area contributed by atoms with Crippen LogP contribution in [0.15, 0.2) is 29.2 Å². The molecule has 0 aromatic heterocycles. The van der Waals surface area contributed by atoms with Gasteiger partial charge in [-0.25, -0.2) is 17.9 Å². The Bertz CT molecular complexity index is 700. The largest absolute Gasteiger partial charge is 0.452 e. The molecule has 1 aromatic rings. The molecular formula is C17H26N2O6S. The van der Waals surface area contributed by atoms with E-state index in [0.717, 1.165) is 0 Å². The molecule has 0 radical (unpaired) electrons. The Morgan fingerprint density at radius 2 is 1.73 bits per heavy atom. The van der Waals surface area contributed by atoms with E-state index in [1.807, 2.05) is 13.8 Å². The van der Waals surface area contributed by atoms with E-state index in [4.69, 9.17) is 9.47 Å². The van der Waals surface area contributed by atoms with Gasteiger partial charge < -0.3 is 14.8 Å². The Morgan fingerprint density at radius 3 is 2.27 bits per heavy atom. The van der Waals surface area contributed by atoms with Crippen molar-refractivity contribution in [2.24, 2.45) is 5.92 Å². The van der Waals surface area contributed by atoms with Crippen LogP contribution in [-0.2, 0) is 24.3 Å². The van der Waals surface area contributed by atoms with Crippen LogP contribution < -0.4 is 10.0 Å². The minimum atomic E-state index is -3.71. The minimum absolute atomic E-state index is 0.0201. The zero-order valence-corrected chi connectivity index (χ0v) is 16.3. The van der Waals surface area contributed by atoms with Gasteiger partial charge >= 0.3 is 5.97 Å². The number of hydrogen-bond donors (Lipinski definition) is 2. The molecule has 0 aliphatic rings. The highest BCUT2D eigenvalue weighted by molar-refractivity contribution is 7.89. The van der Waals surface area contributed by atoms with E-state index < -0.39 is 16.0 Å². The molecule has 0 aliphatic heterocycles. The Balaban J connectivity index is 2.63. The second-order valence-electron chi connectivity index (χ2n) is 6.28. The highest BCUT2D eigenvalue weighted by atomic mass is 32.2. The molecule has 1 amide bonds. The highest BCUT2D eigenvalue weighted by Gasteiger charge is 2.18. The average molecular weight is 386 g/mol. The maximum atomic E-state index is 12.2. The number of amides is 1. The molecule has 0 spiro atoms. The van der Waals surface area contributed by atoms with Gasteiger partial charge in [0, 0.05) is 19.7 Å². The van der Waals surface area contributed by atoms with Gasteiger partial charge in [-0.15, -0.1) is 0 Å². The Hall–Kier alpha value is -1.97. The summed E-state index contributed by atoms with van der Waals surface area (Å²) in [6.45, 7) is 5.93. The van der Waals surface area contributed by atoms with Crippen molar-refractivity contribution in [3.8, 4) is 0 Å². The second-order valence-corrected chi connectivity index (χ2v) is 7.99. The van der Waals surface area contributed by atoms with Gasteiger partial charge in [0.1, 0.15) is 0 Å². The summed E-state index contributed by atoms with van der Waals surface area (Å²) in [4.78, 5) is 23.5. The summed E-state index contributed by atoms with van der Waals surface area (Å²) >= 11 is 0. The third-order valence-corrected chi connectivity index (χ3v) is 4.82. The molecule has 0 fully saturated rings. The number of hydrogen-bond acceptors (Lipinski definition) is 6. The number of rotatable bonds is 10. The first kappa shape index (κ1) is 22.1. The average Bonchev–Trinajstić information content (AvgIpc) is 2.57. The summed E-state index contributed by atoms with van der Waals surface area (Å²) in [5.74, 6) is -0.790. The lowest BCUT2D eigenvalue weighted by molar-refractivity contribution is -0.124. The van der Waals surface area contributed by atoms with Crippen molar-refractivity contribution in [1.82, 2.24) is 10.0 Å². The van der Waals surface area contributed by atoms with E-state index in [0.29, 0.717) is 12.5 Å². The van der Waals surface area contributed by atoms with Crippen molar-refractivity contribution in [2.75, 3.05) is 26.9 Å². The fourth-order valence-corrected chi connectivity index (χ4v) is 3.20. The fraction of sp³-hybridized carbons (Fsp3) is 0.529. The summed E-state index contributed by atoms with van der Waals surface area (Å²) in [5, 5.41) is 2.63. The quantitative estimate of drug-likeness (QED) is 0.579. The van der Waals surface area contributed by atoms with Crippen molar-refractivity contribution in [3.63, 3.8) is 0 Å². The summed E-state index contributed by atoms with van der Waals surface area (Å²) < 4.78 is 36.7. The lowest BCUT2D eigenvalue weighted by atomic mass is 10.2. The normalized spacial score (nSPS) is 12.7. The minimum Gasteiger partial charge on any atom is -0.452 e. The van der Waals surface area contributed by atoms with Crippen molar-refractivity contribution < 1.29 is 27.5 Å². The molecular weight excluding hydrogens is 360 g/mol. The topological polar surface area (TPSA) is 111 Å². The zero-order chi connectivity index (χ0) is 19.7. The SMILES string of the molecule is COC[C@H](C)NS(=O)(=O)c1ccc(C(=O)OCC(=O)NCC(C)C)cc1. The van der Waals surface area contributed by atoms with Gasteiger partial charge in [0.2, 0.25) is 10.0 Å². The standard InChI is InChI=1S/C17H26N2O6S/c1-12(2)9-18-16(20)11-25-17(21)14-5-7-15(8-6-14)26(22,23)19-13(3)10-24-4/h5-8,12-13,19H,9-11H2,1-4H3,(H,18,20)/t13-/m0/s1. The lowest BCUT2D eigenvalue weighted by Gasteiger charge is -2.13. The number of carbonyl (C=O) groups is 2. The van der Waals surface area contributed by atoms with E-state index in [1.54, 1.807) is 6.92 Å². The molecule has 1 aromatic carbocycles. The fourth-order valence-electron chi connectivity index (χ4n) is 1.97. The van der Waals surface area contributed by atoms with E-state index in [1.165, 1.54) is 31.4 Å². The predicted octanol–water partition coefficient (Wildman–Crippen LogP) is 0.929. The smallest absolute Gasteiger partial charge is 0.338 e. The lowest BCUT2D eigenvalue weighted by Crippen LogP contribution is -2.35. The summed E-state index contributed by atoms with van der Waals surface area (Å²) in [5.41, 5.74) is 0.158. The summed E-state index contributed by atoms with van der Waals surface area (Å²) in [6, 6.07) is 4.89. The first-order valence-electron chi connectivity index (χ1n) is 8.21. The summed E-state index contributed by atoms with van der Waals surface area (Å²) in [7, 11) is -2.23. The molecule has 8 nitrogen and oxygen atoms in total. The maximum Gasteiger partial charge on any atom is 0.338 e. The van der Waals surface area contributed by atoms with Gasteiger partial charge in [0.15, 0.2) is 6.61 Å². The molecule has 0 saturated heterocycles. The van der Waals surface area contributed by atoms with Crippen LogP contribution in [0.2, 0.25) is 0 Å². The van der Waals surface area contributed by atoms with Crippen molar-refractivity contribution in [1.29, 1.82) is 0 Å². The molecule has 0 aliphatic carbocycles. The van der Waals surface area contributed by atoms with Gasteiger partial charge in [-0.05, 0) is 37.1 Å². The van der Waals surface area contributed by atoms with Crippen LogP contribution in [0.1, 0.15) is 31.1 Å². The number of esters is 1. The number of methoxy groups -OCH3 is 1. The molecule has 0 saturated carbocycles. The molecule has 9 heteroatoms. The van der Waals surface area contributed by atoms with Crippen molar-refractivity contribution >= 4 is 21.9 Å². The van der Waals surface area contributed by atoms with Gasteiger partial charge in [-0.1, -0.05) is 13.8 Å². The maximum absolute atomic E-state index is 12.2. The predicted molar refractivity (Wildman–Crippen MR) is 96.2 cm³/mol. The molecule has 2 N–H and O–H groups in total. The van der Waals surface area contributed by atoms with Crippen LogP contribution in [0.3, 0.4) is 0 Å². The van der Waals surface area contributed by atoms with Gasteiger partial charge in [-0.3, -0.25) is 4.79 Å². The van der Waals surface area contributed by atoms with E-state index >= 15 is 0 Å². The van der Waals surface area contributed by atoms with Crippen molar-refractivity contribution in [2.45, 2.75) is 31.7 Å². The molecule has 1 rings (SSSR count). The second kappa shape index (κ2) is 10.2. The van der Waals surface area contributed by atoms with Gasteiger partial charge in [0.05, 0.1) is 17.1 Å². The van der Waals surface area contributed by atoms with Crippen LogP contribution >= 0.6 is 0 Å². The first-order chi connectivity index (χ1) is 12.2. The van der Waals surface area contributed by atoms with Crippen molar-refractivity contribution in [3.05, 3.63) is 29.8 Å². The van der Waals surface area contributed by atoms with Crippen LogP contribution in [0.5, 0.6) is 0 Å². The van der Waals surface area contributed by atoms with Crippen LogP contribution in [0, 0.1) is 5.92 Å². The molecule has 0 unspecified atom stereocenters. The molecule has 146 valence electrons. The van der Waals surface area contributed by atoms with E-state index in [2.05, 4.69) is 10.0 Å². The monoisotopic (exact) mass is 386 g/mol.